The molecule has 0 bridgehead atoms. The summed E-state index contributed by atoms with van der Waals surface area (Å²) in [6.07, 6.45) is 0.455. The molecule has 1 aliphatic heterocycles. The van der Waals surface area contributed by atoms with Gasteiger partial charge in [-0.2, -0.15) is 0 Å². The van der Waals surface area contributed by atoms with Crippen molar-refractivity contribution < 1.29 is 14.7 Å². The fraction of sp³-hybridized carbons (Fsp3) is 0.600. The van der Waals surface area contributed by atoms with Crippen LogP contribution < -0.4 is 5.32 Å². The molecule has 5 heteroatoms. The predicted molar refractivity (Wildman–Crippen MR) is 55.6 cm³/mol. The van der Waals surface area contributed by atoms with Gasteiger partial charge >= 0.3 is 6.09 Å². The van der Waals surface area contributed by atoms with Gasteiger partial charge in [-0.15, -0.1) is 0 Å². The highest BCUT2D eigenvalue weighted by atomic mass is 16.4. The van der Waals surface area contributed by atoms with Crippen LogP contribution in [-0.4, -0.2) is 41.1 Å². The van der Waals surface area contributed by atoms with Crippen molar-refractivity contribution in [3.63, 3.8) is 0 Å². The molecule has 84 valence electrons. The molecular formula is C10H16N2O3. The molecule has 0 aromatic rings. The fourth-order valence-electron chi connectivity index (χ4n) is 1.52. The molecule has 1 aliphatic rings. The zero-order chi connectivity index (χ0) is 11.4. The van der Waals surface area contributed by atoms with Crippen molar-refractivity contribution in [2.24, 2.45) is 0 Å². The van der Waals surface area contributed by atoms with Crippen molar-refractivity contribution in [1.82, 2.24) is 10.2 Å². The van der Waals surface area contributed by atoms with Crippen LogP contribution in [0.2, 0.25) is 0 Å². The zero-order valence-corrected chi connectivity index (χ0v) is 8.82. The Balaban J connectivity index is 2.35. The van der Waals surface area contributed by atoms with Crippen molar-refractivity contribution in [2.45, 2.75) is 25.8 Å². The summed E-state index contributed by atoms with van der Waals surface area (Å²) in [6, 6.07) is 0.0739. The first-order chi connectivity index (χ1) is 7.00. The number of carbonyl (C=O) groups is 2. The van der Waals surface area contributed by atoms with Crippen LogP contribution in [0.3, 0.4) is 0 Å². The second-order valence-corrected chi connectivity index (χ2v) is 3.80. The molecular weight excluding hydrogens is 196 g/mol. The summed E-state index contributed by atoms with van der Waals surface area (Å²) in [7, 11) is 0. The Bertz CT molecular complexity index is 280. The summed E-state index contributed by atoms with van der Waals surface area (Å²) in [5, 5.41) is 11.5. The number of likely N-dealkylation sites (tertiary alicyclic amines) is 1. The highest BCUT2D eigenvalue weighted by Gasteiger charge is 2.23. The maximum absolute atomic E-state index is 11.3. The lowest BCUT2D eigenvalue weighted by Gasteiger charge is -2.30. The quantitative estimate of drug-likeness (QED) is 0.666. The highest BCUT2D eigenvalue weighted by Crippen LogP contribution is 2.10. The lowest BCUT2D eigenvalue weighted by molar-refractivity contribution is -0.118. The summed E-state index contributed by atoms with van der Waals surface area (Å²) >= 11 is 0. The van der Waals surface area contributed by atoms with Crippen molar-refractivity contribution in [3.8, 4) is 0 Å². The average molecular weight is 212 g/mol. The number of rotatable bonds is 2. The summed E-state index contributed by atoms with van der Waals surface area (Å²) < 4.78 is 0. The van der Waals surface area contributed by atoms with Crippen molar-refractivity contribution in [1.29, 1.82) is 0 Å². The number of nitrogens with zero attached hydrogens (tertiary/aromatic N) is 1. The van der Waals surface area contributed by atoms with Crippen LogP contribution in [0, 0.1) is 0 Å². The van der Waals surface area contributed by atoms with Gasteiger partial charge in [-0.25, -0.2) is 4.79 Å². The molecule has 5 nitrogen and oxygen atoms in total. The van der Waals surface area contributed by atoms with E-state index < -0.39 is 6.09 Å². The first-order valence-corrected chi connectivity index (χ1v) is 4.95. The summed E-state index contributed by atoms with van der Waals surface area (Å²) in [5.74, 6) is -0.149. The Morgan fingerprint density at radius 2 is 1.93 bits per heavy atom. The molecule has 0 atom stereocenters. The van der Waals surface area contributed by atoms with Gasteiger partial charge < -0.3 is 15.3 Å². The van der Waals surface area contributed by atoms with Crippen molar-refractivity contribution >= 4 is 12.0 Å². The molecule has 0 spiro atoms. The van der Waals surface area contributed by atoms with Gasteiger partial charge in [0.1, 0.15) is 0 Å². The normalized spacial score (nSPS) is 17.3. The number of hydrogen-bond acceptors (Lipinski definition) is 2. The largest absolute Gasteiger partial charge is 0.465 e. The monoisotopic (exact) mass is 212 g/mol. The van der Waals surface area contributed by atoms with Crippen LogP contribution in [0.5, 0.6) is 0 Å². The maximum atomic E-state index is 11.3. The Hall–Kier alpha value is -1.52. The van der Waals surface area contributed by atoms with E-state index in [1.54, 1.807) is 6.92 Å². The first kappa shape index (κ1) is 11.6. The van der Waals surface area contributed by atoms with E-state index in [0.29, 0.717) is 31.5 Å². The van der Waals surface area contributed by atoms with Gasteiger partial charge in [-0.1, -0.05) is 6.58 Å². The minimum absolute atomic E-state index is 0.0739. The van der Waals surface area contributed by atoms with Gasteiger partial charge in [0.05, 0.1) is 0 Å². The second kappa shape index (κ2) is 4.82. The summed E-state index contributed by atoms with van der Waals surface area (Å²) in [4.78, 5) is 23.3. The van der Waals surface area contributed by atoms with E-state index in [9.17, 15) is 9.59 Å². The average Bonchev–Trinajstić information content (AvgIpc) is 2.18. The van der Waals surface area contributed by atoms with E-state index in [1.165, 1.54) is 4.90 Å². The number of amides is 2. The number of piperidine rings is 1. The molecule has 0 radical (unpaired) electrons. The Labute approximate surface area is 88.8 Å². The Morgan fingerprint density at radius 1 is 1.40 bits per heavy atom. The standard InChI is InChI=1S/C10H16N2O3/c1-7(2)9(13)11-8-3-5-12(6-4-8)10(14)15/h8H,1,3-6H2,2H3,(H,11,13)(H,14,15). The molecule has 15 heavy (non-hydrogen) atoms. The van der Waals surface area contributed by atoms with E-state index in [1.807, 2.05) is 0 Å². The lowest BCUT2D eigenvalue weighted by Crippen LogP contribution is -2.46. The topological polar surface area (TPSA) is 69.6 Å². The molecule has 1 heterocycles. The molecule has 0 aliphatic carbocycles. The maximum Gasteiger partial charge on any atom is 0.407 e. The number of carboxylic acid groups (broad SMARTS) is 1. The van der Waals surface area contributed by atoms with Gasteiger partial charge in [0.15, 0.2) is 0 Å². The van der Waals surface area contributed by atoms with Crippen LogP contribution in [0.4, 0.5) is 4.79 Å². The highest BCUT2D eigenvalue weighted by molar-refractivity contribution is 5.92. The molecule has 0 aromatic carbocycles. The molecule has 1 rings (SSSR count). The van der Waals surface area contributed by atoms with Gasteiger partial charge in [-0.3, -0.25) is 4.79 Å². The molecule has 0 unspecified atom stereocenters. The van der Waals surface area contributed by atoms with Crippen LogP contribution in [-0.2, 0) is 4.79 Å². The molecule has 2 amide bonds. The first-order valence-electron chi connectivity index (χ1n) is 4.95. The number of hydrogen-bond donors (Lipinski definition) is 2. The minimum Gasteiger partial charge on any atom is -0.465 e. The summed E-state index contributed by atoms with van der Waals surface area (Å²) in [5.41, 5.74) is 0.482. The predicted octanol–water partition coefficient (Wildman–Crippen LogP) is 0.821. The third kappa shape index (κ3) is 3.27. The smallest absolute Gasteiger partial charge is 0.407 e. The SMILES string of the molecule is C=C(C)C(=O)NC1CCN(C(=O)O)CC1. The van der Waals surface area contributed by atoms with Gasteiger partial charge in [0, 0.05) is 24.7 Å². The number of carbonyl (C=O) groups excluding carboxylic acids is 1. The van der Waals surface area contributed by atoms with Gasteiger partial charge in [0.25, 0.3) is 0 Å². The molecule has 0 aromatic heterocycles. The van der Waals surface area contributed by atoms with E-state index in [4.69, 9.17) is 5.11 Å². The fourth-order valence-corrected chi connectivity index (χ4v) is 1.52. The van der Waals surface area contributed by atoms with Crippen LogP contribution in [0.15, 0.2) is 12.2 Å². The van der Waals surface area contributed by atoms with E-state index >= 15 is 0 Å². The number of nitrogens with one attached hydrogen (secondary N) is 1. The van der Waals surface area contributed by atoms with Crippen LogP contribution >= 0.6 is 0 Å². The third-order valence-corrected chi connectivity index (χ3v) is 2.49. The molecule has 1 saturated heterocycles. The zero-order valence-electron chi connectivity index (χ0n) is 8.82. The van der Waals surface area contributed by atoms with Crippen molar-refractivity contribution in [3.05, 3.63) is 12.2 Å². The molecule has 0 saturated carbocycles. The van der Waals surface area contributed by atoms with Crippen LogP contribution in [0.25, 0.3) is 0 Å². The van der Waals surface area contributed by atoms with E-state index in [0.717, 1.165) is 0 Å². The van der Waals surface area contributed by atoms with E-state index in [-0.39, 0.29) is 11.9 Å². The van der Waals surface area contributed by atoms with Gasteiger partial charge in [-0.05, 0) is 19.8 Å². The third-order valence-electron chi connectivity index (χ3n) is 2.49. The minimum atomic E-state index is -0.889. The Morgan fingerprint density at radius 3 is 2.33 bits per heavy atom. The lowest BCUT2D eigenvalue weighted by atomic mass is 10.1. The second-order valence-electron chi connectivity index (χ2n) is 3.80. The Kier molecular flexibility index (Phi) is 3.71. The van der Waals surface area contributed by atoms with Crippen LogP contribution in [0.1, 0.15) is 19.8 Å². The summed E-state index contributed by atoms with van der Waals surface area (Å²) in [6.45, 7) is 6.17. The van der Waals surface area contributed by atoms with Crippen molar-refractivity contribution in [2.75, 3.05) is 13.1 Å². The molecule has 2 N–H and O–H groups in total. The van der Waals surface area contributed by atoms with Gasteiger partial charge in [0.2, 0.25) is 5.91 Å². The van der Waals surface area contributed by atoms with E-state index in [2.05, 4.69) is 11.9 Å². The molecule has 1 fully saturated rings.